The zero-order chi connectivity index (χ0) is 25.3. The fourth-order valence-electron chi connectivity index (χ4n) is 3.28. The summed E-state index contributed by atoms with van der Waals surface area (Å²) in [6.45, 7) is 10.3. The lowest BCUT2D eigenvalue weighted by Crippen LogP contribution is -2.39. The van der Waals surface area contributed by atoms with E-state index < -0.39 is 35.8 Å². The van der Waals surface area contributed by atoms with Crippen LogP contribution in [0.2, 0.25) is 0 Å². The number of benzene rings is 1. The summed E-state index contributed by atoms with van der Waals surface area (Å²) >= 11 is 0. The van der Waals surface area contributed by atoms with E-state index in [0.717, 1.165) is 0 Å². The first-order valence-electron chi connectivity index (χ1n) is 11.0. The van der Waals surface area contributed by atoms with E-state index in [1.54, 1.807) is 19.9 Å². The van der Waals surface area contributed by atoms with Crippen molar-refractivity contribution in [3.05, 3.63) is 60.9 Å². The first-order valence-corrected chi connectivity index (χ1v) is 11.0. The molecule has 182 valence electrons. The second-order valence-corrected chi connectivity index (χ2v) is 7.95. The molecule has 0 unspecified atom stereocenters. The molecule has 1 heterocycles. The summed E-state index contributed by atoms with van der Waals surface area (Å²) in [6.07, 6.45) is 1.83. The van der Waals surface area contributed by atoms with Gasteiger partial charge in [-0.15, -0.1) is 6.58 Å². The molecule has 1 aromatic carbocycles. The molecule has 0 N–H and O–H groups in total. The second kappa shape index (κ2) is 12.5. The highest BCUT2D eigenvalue weighted by Gasteiger charge is 2.30. The predicted molar refractivity (Wildman–Crippen MR) is 126 cm³/mol. The predicted octanol–water partition coefficient (Wildman–Crippen LogP) is 4.43. The molecule has 0 aliphatic carbocycles. The number of hydrogen-bond donors (Lipinski definition) is 0. The molecule has 34 heavy (non-hydrogen) atoms. The molecule has 0 saturated carbocycles. The molecule has 0 amide bonds. The molecule has 8 nitrogen and oxygen atoms in total. The Hall–Kier alpha value is -3.68. The first-order chi connectivity index (χ1) is 16.2. The number of Topliss-reactive ketones (excluding diaryl/α,β-unsaturated/α-hetero) is 1. The van der Waals surface area contributed by atoms with Gasteiger partial charge in [0.1, 0.15) is 18.0 Å². The number of rotatable bonds is 12. The molecule has 0 radical (unpaired) electrons. The molecule has 8 heteroatoms. The van der Waals surface area contributed by atoms with Crippen LogP contribution in [0.4, 0.5) is 0 Å². The minimum atomic E-state index is -0.774. The number of esters is 2. The number of carbonyl (C=O) groups excluding carboxylic acids is 3. The Morgan fingerprint density at radius 3 is 2.35 bits per heavy atom. The highest BCUT2D eigenvalue weighted by Crippen LogP contribution is 2.31. The maximum Gasteiger partial charge on any atom is 0.309 e. The fourth-order valence-corrected chi connectivity index (χ4v) is 3.28. The van der Waals surface area contributed by atoms with Crippen LogP contribution in [-0.2, 0) is 14.3 Å². The van der Waals surface area contributed by atoms with Crippen LogP contribution >= 0.6 is 0 Å². The van der Waals surface area contributed by atoms with Crippen molar-refractivity contribution in [2.75, 3.05) is 7.11 Å². The molecule has 0 aliphatic heterocycles. The molecule has 2 rings (SSSR count). The number of methoxy groups -OCH3 is 1. The third-order valence-corrected chi connectivity index (χ3v) is 5.16. The lowest BCUT2D eigenvalue weighted by molar-refractivity contribution is -0.158. The maximum absolute atomic E-state index is 12.9. The van der Waals surface area contributed by atoms with Crippen LogP contribution in [0.25, 0.3) is 0 Å². The average molecular weight is 470 g/mol. The van der Waals surface area contributed by atoms with Crippen LogP contribution in [0.15, 0.2) is 55.3 Å². The average Bonchev–Trinajstić information content (AvgIpc) is 2.82. The fraction of sp³-hybridized carbons (Fsp3) is 0.385. The molecular formula is C26H31NO7. The monoisotopic (exact) mass is 469 g/mol. The summed E-state index contributed by atoms with van der Waals surface area (Å²) in [7, 11) is 1.39. The van der Waals surface area contributed by atoms with Gasteiger partial charge in [0.15, 0.2) is 17.2 Å². The van der Waals surface area contributed by atoms with Gasteiger partial charge in [-0.25, -0.2) is 4.98 Å². The SMILES string of the molecule is C=C[C@H](C)[C@@H](Oc1ccccc1)[C@H](C)OC(=O)[C@H](C)CC(=O)c1nccc(OC)c1OC(C)=O. The van der Waals surface area contributed by atoms with Gasteiger partial charge in [-0.1, -0.05) is 38.1 Å². The molecule has 0 saturated heterocycles. The second-order valence-electron chi connectivity index (χ2n) is 7.95. The number of carbonyl (C=O) groups is 3. The van der Waals surface area contributed by atoms with Gasteiger partial charge in [-0.2, -0.15) is 0 Å². The summed E-state index contributed by atoms with van der Waals surface area (Å²) in [5, 5.41) is 0. The number of pyridine rings is 1. The highest BCUT2D eigenvalue weighted by atomic mass is 16.6. The van der Waals surface area contributed by atoms with Gasteiger partial charge in [0.2, 0.25) is 5.75 Å². The number of para-hydroxylation sites is 1. The van der Waals surface area contributed by atoms with E-state index in [9.17, 15) is 14.4 Å². The van der Waals surface area contributed by atoms with Crippen LogP contribution in [-0.4, -0.2) is 42.0 Å². The minimum absolute atomic E-state index is 0.0763. The smallest absolute Gasteiger partial charge is 0.309 e. The Morgan fingerprint density at radius 2 is 1.76 bits per heavy atom. The van der Waals surface area contributed by atoms with Crippen LogP contribution in [0, 0.1) is 11.8 Å². The Bertz CT molecular complexity index is 1010. The van der Waals surface area contributed by atoms with E-state index >= 15 is 0 Å². The molecular weight excluding hydrogens is 438 g/mol. The van der Waals surface area contributed by atoms with Gasteiger partial charge in [0.25, 0.3) is 0 Å². The largest absolute Gasteiger partial charge is 0.493 e. The van der Waals surface area contributed by atoms with Crippen molar-refractivity contribution in [2.45, 2.75) is 46.3 Å². The molecule has 2 aromatic rings. The summed E-state index contributed by atoms with van der Waals surface area (Å²) in [5.41, 5.74) is -0.0900. The van der Waals surface area contributed by atoms with Crippen molar-refractivity contribution in [1.82, 2.24) is 4.98 Å². The normalized spacial score (nSPS) is 14.1. The molecule has 0 aliphatic rings. The van der Waals surface area contributed by atoms with Crippen molar-refractivity contribution in [2.24, 2.45) is 11.8 Å². The van der Waals surface area contributed by atoms with Crippen LogP contribution in [0.5, 0.6) is 17.2 Å². The van der Waals surface area contributed by atoms with Crippen molar-refractivity contribution >= 4 is 17.7 Å². The Balaban J connectivity index is 2.10. The quantitative estimate of drug-likeness (QED) is 0.256. The summed E-state index contributed by atoms with van der Waals surface area (Å²) in [4.78, 5) is 41.2. The summed E-state index contributed by atoms with van der Waals surface area (Å²) in [5.74, 6) is -1.78. The first kappa shape index (κ1) is 26.6. The van der Waals surface area contributed by atoms with Crippen molar-refractivity contribution in [1.29, 1.82) is 0 Å². The molecule has 4 atom stereocenters. The molecule has 0 bridgehead atoms. The third kappa shape index (κ3) is 7.16. The standard InChI is InChI=1S/C26H31NO7/c1-7-16(2)24(34-20-11-9-8-10-12-20)18(4)32-26(30)17(3)15-21(29)23-25(33-19(5)28)22(31-6)13-14-27-23/h7-14,16-18,24H,1,15H2,2-6H3/t16-,17+,18-,24+/m0/s1. The van der Waals surface area contributed by atoms with E-state index in [1.165, 1.54) is 26.3 Å². The van der Waals surface area contributed by atoms with Crippen molar-refractivity contribution in [3.63, 3.8) is 0 Å². The molecule has 0 spiro atoms. The molecule has 0 fully saturated rings. The van der Waals surface area contributed by atoms with Crippen molar-refractivity contribution < 1.29 is 33.3 Å². The van der Waals surface area contributed by atoms with E-state index in [0.29, 0.717) is 5.75 Å². The maximum atomic E-state index is 12.9. The Morgan fingerprint density at radius 1 is 1.09 bits per heavy atom. The summed E-state index contributed by atoms with van der Waals surface area (Å²) < 4.78 is 22.0. The number of aromatic nitrogens is 1. The number of hydrogen-bond acceptors (Lipinski definition) is 8. The van der Waals surface area contributed by atoms with Crippen LogP contribution in [0.3, 0.4) is 0 Å². The Kier molecular flexibility index (Phi) is 9.79. The molecule has 1 aromatic heterocycles. The van der Waals surface area contributed by atoms with Crippen molar-refractivity contribution in [3.8, 4) is 17.2 Å². The minimum Gasteiger partial charge on any atom is -0.493 e. The van der Waals surface area contributed by atoms with Gasteiger partial charge in [-0.3, -0.25) is 14.4 Å². The summed E-state index contributed by atoms with van der Waals surface area (Å²) in [6, 6.07) is 10.7. The highest BCUT2D eigenvalue weighted by molar-refractivity contribution is 5.99. The van der Waals surface area contributed by atoms with E-state index in [4.69, 9.17) is 18.9 Å². The van der Waals surface area contributed by atoms with E-state index in [2.05, 4.69) is 11.6 Å². The number of ether oxygens (including phenoxy) is 4. The van der Waals surface area contributed by atoms with E-state index in [-0.39, 0.29) is 29.5 Å². The lowest BCUT2D eigenvalue weighted by Gasteiger charge is -2.29. The van der Waals surface area contributed by atoms with Gasteiger partial charge >= 0.3 is 11.9 Å². The Labute approximate surface area is 199 Å². The lowest BCUT2D eigenvalue weighted by atomic mass is 9.99. The van der Waals surface area contributed by atoms with Crippen LogP contribution in [0.1, 0.15) is 44.6 Å². The topological polar surface area (TPSA) is 101 Å². The van der Waals surface area contributed by atoms with E-state index in [1.807, 2.05) is 37.3 Å². The van der Waals surface area contributed by atoms with Gasteiger partial charge in [-0.05, 0) is 19.1 Å². The number of nitrogens with zero attached hydrogens (tertiary/aromatic N) is 1. The number of ketones is 1. The zero-order valence-electron chi connectivity index (χ0n) is 20.1. The van der Waals surface area contributed by atoms with Crippen LogP contribution < -0.4 is 14.2 Å². The van der Waals surface area contributed by atoms with Gasteiger partial charge in [0.05, 0.1) is 13.0 Å². The third-order valence-electron chi connectivity index (χ3n) is 5.16. The zero-order valence-corrected chi connectivity index (χ0v) is 20.1. The van der Waals surface area contributed by atoms with Gasteiger partial charge < -0.3 is 18.9 Å². The van der Waals surface area contributed by atoms with Gasteiger partial charge in [0, 0.05) is 31.5 Å².